The first-order valence-corrected chi connectivity index (χ1v) is 5.28. The van der Waals surface area contributed by atoms with Crippen LogP contribution in [0.1, 0.15) is 13.3 Å². The van der Waals surface area contributed by atoms with Crippen LogP contribution in [0.25, 0.3) is 0 Å². The van der Waals surface area contributed by atoms with E-state index in [1.54, 1.807) is 0 Å². The maximum atomic E-state index is 10.1. The van der Waals surface area contributed by atoms with Crippen LogP contribution in [-0.4, -0.2) is 40.9 Å². The first-order valence-electron chi connectivity index (χ1n) is 4.00. The van der Waals surface area contributed by atoms with Gasteiger partial charge in [-0.25, -0.2) is 4.21 Å². The van der Waals surface area contributed by atoms with Crippen LogP contribution in [0.2, 0.25) is 0 Å². The molecule has 0 spiro atoms. The Kier molecular flexibility index (Phi) is 9.14. The third-order valence-corrected chi connectivity index (χ3v) is 1.64. The van der Waals surface area contributed by atoms with E-state index in [-0.39, 0.29) is 5.75 Å². The van der Waals surface area contributed by atoms with Gasteiger partial charge in [-0.1, -0.05) is 6.92 Å². The van der Waals surface area contributed by atoms with Crippen LogP contribution in [0, 0.1) is 0 Å². The number of hydrogen-bond donors (Lipinski definition) is 1. The van der Waals surface area contributed by atoms with Crippen LogP contribution >= 0.6 is 0 Å². The van der Waals surface area contributed by atoms with Gasteiger partial charge in [0, 0.05) is 6.61 Å². The van der Waals surface area contributed by atoms with Gasteiger partial charge >= 0.3 is 0 Å². The molecule has 0 aliphatic heterocycles. The molecule has 0 saturated heterocycles. The minimum absolute atomic E-state index is 0.174. The highest BCUT2D eigenvalue weighted by atomic mass is 32.2. The Balaban J connectivity index is 2.86. The summed E-state index contributed by atoms with van der Waals surface area (Å²) in [5.41, 5.74) is 0. The van der Waals surface area contributed by atoms with Gasteiger partial charge in [0.15, 0.2) is 11.1 Å². The van der Waals surface area contributed by atoms with E-state index in [1.807, 2.05) is 6.92 Å². The molecule has 0 saturated carbocycles. The molecule has 5 heteroatoms. The molecule has 0 radical (unpaired) electrons. The Morgan fingerprint density at radius 1 is 1.17 bits per heavy atom. The lowest BCUT2D eigenvalue weighted by Crippen LogP contribution is -2.10. The molecule has 0 aromatic rings. The fourth-order valence-electron chi connectivity index (χ4n) is 0.597. The standard InChI is InChI=1S/C7H16O4S/c1-2-3-10-4-5-11-6-7-12(8)9/h2-7H2,1H3,(H,8,9). The summed E-state index contributed by atoms with van der Waals surface area (Å²) >= 11 is -1.74. The summed E-state index contributed by atoms with van der Waals surface area (Å²) in [5, 5.41) is 0. The minimum atomic E-state index is -1.74. The zero-order chi connectivity index (χ0) is 9.23. The monoisotopic (exact) mass is 196 g/mol. The Labute approximate surface area is 75.5 Å². The van der Waals surface area contributed by atoms with Gasteiger partial charge in [0.25, 0.3) is 0 Å². The molecule has 0 fully saturated rings. The highest BCUT2D eigenvalue weighted by Crippen LogP contribution is 1.82. The molecule has 0 aliphatic rings. The first kappa shape index (κ1) is 12.0. The second kappa shape index (κ2) is 9.12. The molecular weight excluding hydrogens is 180 g/mol. The van der Waals surface area contributed by atoms with Crippen LogP contribution in [0.3, 0.4) is 0 Å². The number of hydrogen-bond acceptors (Lipinski definition) is 3. The van der Waals surface area contributed by atoms with E-state index >= 15 is 0 Å². The lowest BCUT2D eigenvalue weighted by molar-refractivity contribution is 0.0537. The van der Waals surface area contributed by atoms with Crippen molar-refractivity contribution in [1.29, 1.82) is 0 Å². The van der Waals surface area contributed by atoms with E-state index in [9.17, 15) is 4.21 Å². The van der Waals surface area contributed by atoms with Crippen molar-refractivity contribution in [3.8, 4) is 0 Å². The van der Waals surface area contributed by atoms with Gasteiger partial charge in [0.05, 0.1) is 25.6 Å². The number of rotatable bonds is 8. The van der Waals surface area contributed by atoms with E-state index in [0.29, 0.717) is 19.8 Å². The molecule has 0 aliphatic carbocycles. The van der Waals surface area contributed by atoms with E-state index in [4.69, 9.17) is 14.0 Å². The molecular formula is C7H16O4S. The van der Waals surface area contributed by atoms with Crippen molar-refractivity contribution in [3.63, 3.8) is 0 Å². The van der Waals surface area contributed by atoms with E-state index < -0.39 is 11.1 Å². The summed E-state index contributed by atoms with van der Waals surface area (Å²) in [6.07, 6.45) is 1.00. The van der Waals surface area contributed by atoms with Crippen LogP contribution in [-0.2, 0) is 20.6 Å². The Hall–Kier alpha value is 0.0300. The first-order chi connectivity index (χ1) is 5.77. The lowest BCUT2D eigenvalue weighted by atomic mass is 10.5. The van der Waals surface area contributed by atoms with Gasteiger partial charge < -0.3 is 14.0 Å². The average molecular weight is 196 g/mol. The molecule has 0 amide bonds. The fourth-order valence-corrected chi connectivity index (χ4v) is 0.857. The topological polar surface area (TPSA) is 55.8 Å². The third kappa shape index (κ3) is 10.0. The molecule has 0 aromatic heterocycles. The summed E-state index contributed by atoms with van der Waals surface area (Å²) in [6.45, 7) is 4.16. The van der Waals surface area contributed by atoms with Gasteiger partial charge in [-0.05, 0) is 6.42 Å². The molecule has 0 bridgehead atoms. The zero-order valence-corrected chi connectivity index (χ0v) is 8.14. The van der Waals surface area contributed by atoms with Gasteiger partial charge in [-0.3, -0.25) is 0 Å². The van der Waals surface area contributed by atoms with Crippen molar-refractivity contribution in [3.05, 3.63) is 0 Å². The van der Waals surface area contributed by atoms with Crippen LogP contribution < -0.4 is 0 Å². The molecule has 12 heavy (non-hydrogen) atoms. The molecule has 1 N–H and O–H groups in total. The quantitative estimate of drug-likeness (QED) is 0.457. The Bertz CT molecular complexity index is 118. The van der Waals surface area contributed by atoms with Crippen molar-refractivity contribution >= 4 is 11.1 Å². The highest BCUT2D eigenvalue weighted by Gasteiger charge is 1.93. The van der Waals surface area contributed by atoms with E-state index in [2.05, 4.69) is 0 Å². The largest absolute Gasteiger partial charge is 0.379 e. The van der Waals surface area contributed by atoms with Gasteiger partial charge in [0.1, 0.15) is 0 Å². The molecule has 1 unspecified atom stereocenters. The SMILES string of the molecule is CCCOCCOCCS(=O)O. The van der Waals surface area contributed by atoms with Gasteiger partial charge in [-0.2, -0.15) is 0 Å². The van der Waals surface area contributed by atoms with Crippen molar-refractivity contribution in [2.24, 2.45) is 0 Å². The van der Waals surface area contributed by atoms with Crippen LogP contribution in [0.15, 0.2) is 0 Å². The zero-order valence-electron chi connectivity index (χ0n) is 7.32. The Morgan fingerprint density at radius 3 is 2.25 bits per heavy atom. The summed E-state index contributed by atoms with van der Waals surface area (Å²) < 4.78 is 28.6. The fraction of sp³-hybridized carbons (Fsp3) is 1.00. The second-order valence-electron chi connectivity index (χ2n) is 2.25. The van der Waals surface area contributed by atoms with Crippen molar-refractivity contribution in [2.45, 2.75) is 13.3 Å². The predicted molar refractivity (Wildman–Crippen MR) is 47.6 cm³/mol. The van der Waals surface area contributed by atoms with Crippen molar-refractivity contribution in [2.75, 3.05) is 32.2 Å². The van der Waals surface area contributed by atoms with Crippen LogP contribution in [0.5, 0.6) is 0 Å². The van der Waals surface area contributed by atoms with Gasteiger partial charge in [-0.15, -0.1) is 0 Å². The molecule has 1 atom stereocenters. The summed E-state index contributed by atoms with van der Waals surface area (Å²) in [7, 11) is 0. The van der Waals surface area contributed by atoms with E-state index in [0.717, 1.165) is 13.0 Å². The van der Waals surface area contributed by atoms with Crippen molar-refractivity contribution in [1.82, 2.24) is 0 Å². The molecule has 74 valence electrons. The highest BCUT2D eigenvalue weighted by molar-refractivity contribution is 7.79. The maximum Gasteiger partial charge on any atom is 0.155 e. The van der Waals surface area contributed by atoms with E-state index in [1.165, 1.54) is 0 Å². The van der Waals surface area contributed by atoms with Gasteiger partial charge in [0.2, 0.25) is 0 Å². The summed E-state index contributed by atoms with van der Waals surface area (Å²) in [6, 6.07) is 0. The Morgan fingerprint density at radius 2 is 1.75 bits per heavy atom. The number of ether oxygens (including phenoxy) is 2. The molecule has 0 aromatic carbocycles. The summed E-state index contributed by atoms with van der Waals surface area (Å²) in [4.78, 5) is 0. The summed E-state index contributed by atoms with van der Waals surface area (Å²) in [5.74, 6) is 0.174. The smallest absolute Gasteiger partial charge is 0.155 e. The normalized spacial score (nSPS) is 13.2. The molecule has 0 rings (SSSR count). The second-order valence-corrected chi connectivity index (χ2v) is 3.30. The average Bonchev–Trinajstić information content (AvgIpc) is 2.02. The molecule has 4 nitrogen and oxygen atoms in total. The van der Waals surface area contributed by atoms with Crippen molar-refractivity contribution < 1.29 is 18.2 Å². The predicted octanol–water partition coefficient (Wildman–Crippen LogP) is 0.651. The maximum absolute atomic E-state index is 10.1. The van der Waals surface area contributed by atoms with Crippen LogP contribution in [0.4, 0.5) is 0 Å². The minimum Gasteiger partial charge on any atom is -0.379 e. The lowest BCUT2D eigenvalue weighted by Gasteiger charge is -2.02. The third-order valence-electron chi connectivity index (χ3n) is 1.12. The molecule has 0 heterocycles.